The number of hydrogen-bond acceptors (Lipinski definition) is 5. The Morgan fingerprint density at radius 3 is 1.67 bits per heavy atom. The van der Waals surface area contributed by atoms with Crippen molar-refractivity contribution >= 4 is 23.8 Å². The molecule has 27 heavy (non-hydrogen) atoms. The van der Waals surface area contributed by atoms with E-state index in [-0.39, 0.29) is 17.1 Å². The third-order valence-corrected chi connectivity index (χ3v) is 3.80. The van der Waals surface area contributed by atoms with E-state index < -0.39 is 8.60 Å². The van der Waals surface area contributed by atoms with Gasteiger partial charge in [0, 0.05) is 5.71 Å². The van der Waals surface area contributed by atoms with Crippen molar-refractivity contribution in [1.29, 1.82) is 0 Å². The zero-order valence-corrected chi connectivity index (χ0v) is 20.2. The van der Waals surface area contributed by atoms with Gasteiger partial charge >= 0.3 is 53.4 Å². The molecule has 0 heterocycles. The Hall–Kier alpha value is 1.25. The van der Waals surface area contributed by atoms with Crippen LogP contribution in [0.3, 0.4) is 0 Å². The summed E-state index contributed by atoms with van der Waals surface area (Å²) in [5.74, 6) is 0.845. The first-order chi connectivity index (χ1) is 12.7. The average molecular weight is 550 g/mol. The van der Waals surface area contributed by atoms with Crippen molar-refractivity contribution in [2.45, 2.75) is 27.7 Å². The van der Waals surface area contributed by atoms with Gasteiger partial charge in [-0.25, -0.2) is 6.42 Å². The molecule has 2 fully saturated rings. The van der Waals surface area contributed by atoms with Gasteiger partial charge in [0.25, 0.3) is 0 Å². The Bertz CT molecular complexity index is 289. The van der Waals surface area contributed by atoms with E-state index in [9.17, 15) is 0 Å². The van der Waals surface area contributed by atoms with Gasteiger partial charge in [-0.05, 0) is 59.8 Å². The first kappa shape index (κ1) is 32.9. The van der Waals surface area contributed by atoms with E-state index in [1.165, 1.54) is 0 Å². The van der Waals surface area contributed by atoms with Crippen molar-refractivity contribution in [2.75, 3.05) is 19.8 Å². The van der Waals surface area contributed by atoms with Crippen LogP contribution in [0.25, 0.3) is 0 Å². The minimum absolute atomic E-state index is 0. The molecule has 0 atom stereocenters. The van der Waals surface area contributed by atoms with Crippen LogP contribution < -0.4 is 0 Å². The summed E-state index contributed by atoms with van der Waals surface area (Å²) in [7, 11) is 3.43. The summed E-state index contributed by atoms with van der Waals surface area (Å²) in [5.41, 5.74) is 0.597. The summed E-state index contributed by atoms with van der Waals surface area (Å²) >= 11 is 2.22. The molecule has 5 nitrogen and oxygen atoms in total. The van der Waals surface area contributed by atoms with Crippen molar-refractivity contribution in [3.05, 3.63) is 63.7 Å². The molecule has 0 aromatic heterocycles. The van der Waals surface area contributed by atoms with Crippen molar-refractivity contribution < 1.29 is 54.0 Å². The molecular weight excluding hydrogens is 523 g/mol. The fourth-order valence-corrected chi connectivity index (χ4v) is 2.21. The fraction of sp³-hybridized carbons (Fsp3) is 0.389. The van der Waals surface area contributed by atoms with E-state index in [0.29, 0.717) is 25.5 Å². The van der Waals surface area contributed by atoms with Gasteiger partial charge in [-0.1, -0.05) is 12.8 Å². The molecule has 1 N–H and O–H groups in total. The monoisotopic (exact) mass is 549 g/mol. The molecular formula is C18H27ClFeNO4PPd+2. The van der Waals surface area contributed by atoms with Gasteiger partial charge < -0.3 is 25.2 Å². The Kier molecular flexibility index (Phi) is 33.2. The third kappa shape index (κ3) is 21.8. The summed E-state index contributed by atoms with van der Waals surface area (Å²) in [5, 5.41) is 11.3. The maximum absolute atomic E-state index is 8.27. The number of hydrogen-bond donors (Lipinski definition) is 1. The molecule has 0 amide bonds. The van der Waals surface area contributed by atoms with Gasteiger partial charge in [0.15, 0.2) is 0 Å². The van der Waals surface area contributed by atoms with E-state index in [1.807, 2.05) is 65.7 Å². The largest absolute Gasteiger partial charge is 2.00 e. The van der Waals surface area contributed by atoms with Crippen LogP contribution in [0.4, 0.5) is 0 Å². The van der Waals surface area contributed by atoms with Gasteiger partial charge in [-0.15, -0.1) is 5.16 Å². The van der Waals surface area contributed by atoms with Gasteiger partial charge in [-0.3, -0.25) is 0 Å². The second kappa shape index (κ2) is 27.3. The minimum Gasteiger partial charge on any atom is 2.00 e. The molecule has 2 aliphatic rings. The molecule has 10 radical (unpaired) electrons. The normalized spacial score (nSPS) is 16.4. The smallest absolute Gasteiger partial charge is 2.00 e. The number of halogens is 1. The van der Waals surface area contributed by atoms with Gasteiger partial charge in [0.2, 0.25) is 0 Å². The van der Waals surface area contributed by atoms with E-state index in [1.54, 1.807) is 13.3 Å². The summed E-state index contributed by atoms with van der Waals surface area (Å²) in [6.07, 6.45) is 18.4. The maximum Gasteiger partial charge on any atom is 2.00 e. The Morgan fingerprint density at radius 2 is 1.41 bits per heavy atom. The van der Waals surface area contributed by atoms with Crippen LogP contribution in [0.2, 0.25) is 0 Å². The minimum atomic E-state index is -1.06. The topological polar surface area (TPSA) is 60.3 Å². The number of nitrogens with zero attached hydrogens (tertiary/aromatic N) is 1. The molecule has 0 aromatic carbocycles. The third-order valence-electron chi connectivity index (χ3n) is 2.40. The van der Waals surface area contributed by atoms with Crippen molar-refractivity contribution in [3.8, 4) is 0 Å². The molecule has 0 aliphatic heterocycles. The van der Waals surface area contributed by atoms with Crippen LogP contribution in [0, 0.1) is 63.7 Å². The first-order valence-electron chi connectivity index (χ1n) is 7.99. The number of rotatable bonds is 7. The molecule has 2 aliphatic carbocycles. The summed E-state index contributed by atoms with van der Waals surface area (Å²) in [6, 6.07) is 0. The molecule has 0 aromatic rings. The average Bonchev–Trinajstić information content (AvgIpc) is 3.40. The predicted octanol–water partition coefficient (Wildman–Crippen LogP) is 5.15. The van der Waals surface area contributed by atoms with Crippen LogP contribution in [0.15, 0.2) is 5.16 Å². The zero-order valence-electron chi connectivity index (χ0n) is 15.9. The standard InChI is InChI=1S/C7H7NO.C6H15O3P.C5H5.ClH.Fe.Pd/c1-6(8-9)7-4-2-3-5-7;1-4-7-10(8-5-2)9-6-3;1-2-4-5-3-1;;;/h2-4,9H,1H3;4-6H2,1-3H3;1-5H;1H;;/q-1;;;;2*+2/p-1/b8-6+;;;;;. The molecule has 0 unspecified atom stereocenters. The molecule has 0 spiro atoms. The Balaban J connectivity index is -0.000000311. The van der Waals surface area contributed by atoms with Gasteiger partial charge in [0.05, 0.1) is 19.8 Å². The first-order valence-corrected chi connectivity index (χ1v) is 11.1. The molecule has 0 saturated heterocycles. The van der Waals surface area contributed by atoms with Crippen molar-refractivity contribution in [3.63, 3.8) is 0 Å². The molecule has 2 saturated carbocycles. The van der Waals surface area contributed by atoms with E-state index in [4.69, 9.17) is 18.8 Å². The molecule has 9 heteroatoms. The predicted molar refractivity (Wildman–Crippen MR) is 103 cm³/mol. The van der Waals surface area contributed by atoms with E-state index in [2.05, 4.69) is 39.3 Å². The molecule has 2 rings (SSSR count). The maximum atomic E-state index is 8.27. The fourth-order valence-electron chi connectivity index (χ4n) is 1.36. The van der Waals surface area contributed by atoms with Gasteiger partial charge in [0.1, 0.15) is 0 Å². The summed E-state index contributed by atoms with van der Waals surface area (Å²) in [6.45, 7) is 9.43. The van der Waals surface area contributed by atoms with Crippen LogP contribution in [0.5, 0.6) is 0 Å². The molecule has 0 bridgehead atoms. The second-order valence-electron chi connectivity index (χ2n) is 4.21. The van der Waals surface area contributed by atoms with Crippen LogP contribution in [-0.2, 0) is 48.8 Å². The second-order valence-corrected chi connectivity index (χ2v) is 5.43. The van der Waals surface area contributed by atoms with E-state index >= 15 is 0 Å². The SMILES string of the molecule is C/C(=N\O)[C]1[C-][CH][CH][CH]1.CCOP(OCC)OCC.[CH]1[CH][CH][CH][CH]1.[Cl][Pd+].[Fe+2]. The van der Waals surface area contributed by atoms with Crippen molar-refractivity contribution in [2.24, 2.45) is 5.16 Å². The summed E-state index contributed by atoms with van der Waals surface area (Å²) < 4.78 is 15.4. The van der Waals surface area contributed by atoms with Gasteiger partial charge in [-0.2, -0.15) is 5.92 Å². The van der Waals surface area contributed by atoms with E-state index in [0.717, 1.165) is 5.92 Å². The number of oxime groups is 1. The van der Waals surface area contributed by atoms with Crippen LogP contribution in [-0.4, -0.2) is 30.7 Å². The van der Waals surface area contributed by atoms with Crippen LogP contribution in [0.1, 0.15) is 27.7 Å². The quantitative estimate of drug-likeness (QED) is 0.119. The summed E-state index contributed by atoms with van der Waals surface area (Å²) in [4.78, 5) is 0. The zero-order chi connectivity index (χ0) is 20.0. The Labute approximate surface area is 193 Å². The molecule has 156 valence electrons. The van der Waals surface area contributed by atoms with Crippen molar-refractivity contribution in [1.82, 2.24) is 0 Å². The van der Waals surface area contributed by atoms with Crippen LogP contribution >= 0.6 is 18.1 Å². The Morgan fingerprint density at radius 1 is 1.00 bits per heavy atom.